The van der Waals surface area contributed by atoms with E-state index in [1.165, 1.54) is 5.56 Å². The molecule has 3 aromatic carbocycles. The first-order chi connectivity index (χ1) is 16.4. The molecule has 1 aliphatic carbocycles. The van der Waals surface area contributed by atoms with Crippen molar-refractivity contribution in [2.24, 2.45) is 0 Å². The summed E-state index contributed by atoms with van der Waals surface area (Å²) in [6.07, 6.45) is 2.78. The van der Waals surface area contributed by atoms with Crippen LogP contribution in [-0.4, -0.2) is 27.5 Å². The van der Waals surface area contributed by atoms with Crippen LogP contribution in [-0.2, 0) is 21.2 Å². The van der Waals surface area contributed by atoms with Gasteiger partial charge >= 0.3 is 0 Å². The van der Waals surface area contributed by atoms with Crippen LogP contribution in [0.2, 0.25) is 0 Å². The van der Waals surface area contributed by atoms with Crippen LogP contribution in [0.15, 0.2) is 77.7 Å². The lowest BCUT2D eigenvalue weighted by molar-refractivity contribution is -0.120. The summed E-state index contributed by atoms with van der Waals surface area (Å²) >= 11 is 0. The number of nitrogens with one attached hydrogen (secondary N) is 1. The smallest absolute Gasteiger partial charge is 0.264 e. The maximum atomic E-state index is 13.7. The molecule has 4 rings (SSSR count). The Hall–Kier alpha value is -3.32. The average Bonchev–Trinajstić information content (AvgIpc) is 2.84. The lowest BCUT2D eigenvalue weighted by atomic mass is 9.88. The molecule has 1 N–H and O–H groups in total. The number of ether oxygens (including phenoxy) is 1. The maximum absolute atomic E-state index is 13.7. The van der Waals surface area contributed by atoms with Crippen molar-refractivity contribution in [3.8, 4) is 5.75 Å². The van der Waals surface area contributed by atoms with Crippen molar-refractivity contribution in [1.82, 2.24) is 5.32 Å². The van der Waals surface area contributed by atoms with Gasteiger partial charge in [0.05, 0.1) is 23.2 Å². The molecule has 7 heteroatoms. The monoisotopic (exact) mass is 478 g/mol. The van der Waals surface area contributed by atoms with E-state index in [9.17, 15) is 13.2 Å². The van der Waals surface area contributed by atoms with E-state index in [2.05, 4.69) is 11.4 Å². The van der Waals surface area contributed by atoms with Crippen molar-refractivity contribution in [1.29, 1.82) is 0 Å². The SMILES string of the molecule is CCOc1ccccc1N(CC(=O)NC1CCCc2ccccc21)S(=O)(=O)c1ccc(C)cc1. The van der Waals surface area contributed by atoms with Gasteiger partial charge < -0.3 is 10.1 Å². The maximum Gasteiger partial charge on any atom is 0.264 e. The molecule has 3 aromatic rings. The number of amides is 1. The van der Waals surface area contributed by atoms with Gasteiger partial charge in [-0.3, -0.25) is 9.10 Å². The van der Waals surface area contributed by atoms with Gasteiger partial charge in [-0.15, -0.1) is 0 Å². The van der Waals surface area contributed by atoms with Crippen LogP contribution >= 0.6 is 0 Å². The standard InChI is InChI=1S/C27H30N2O4S/c1-3-33-26-14-7-6-13-25(26)29(34(31,32)22-17-15-20(2)16-18-22)19-27(30)28-24-12-8-10-21-9-4-5-11-23(21)24/h4-7,9,11,13-18,24H,3,8,10,12,19H2,1-2H3,(H,28,30). The van der Waals surface area contributed by atoms with Gasteiger partial charge in [0.15, 0.2) is 0 Å². The number of benzene rings is 3. The van der Waals surface area contributed by atoms with Crippen LogP contribution in [0.5, 0.6) is 5.75 Å². The summed E-state index contributed by atoms with van der Waals surface area (Å²) in [5.74, 6) is 0.0557. The fourth-order valence-corrected chi connectivity index (χ4v) is 5.78. The van der Waals surface area contributed by atoms with Crippen LogP contribution < -0.4 is 14.4 Å². The average molecular weight is 479 g/mol. The minimum Gasteiger partial charge on any atom is -0.492 e. The highest BCUT2D eigenvalue weighted by atomic mass is 32.2. The van der Waals surface area contributed by atoms with E-state index in [1.54, 1.807) is 48.5 Å². The van der Waals surface area contributed by atoms with E-state index in [0.717, 1.165) is 34.7 Å². The zero-order chi connectivity index (χ0) is 24.1. The van der Waals surface area contributed by atoms with Crippen molar-refractivity contribution in [2.45, 2.75) is 44.0 Å². The highest BCUT2D eigenvalue weighted by molar-refractivity contribution is 7.92. The first-order valence-corrected chi connectivity index (χ1v) is 13.0. The van der Waals surface area contributed by atoms with E-state index in [1.807, 2.05) is 32.0 Å². The second-order valence-corrected chi connectivity index (χ2v) is 10.3. The topological polar surface area (TPSA) is 75.7 Å². The number of aryl methyl sites for hydroxylation is 2. The lowest BCUT2D eigenvalue weighted by Crippen LogP contribution is -2.42. The van der Waals surface area contributed by atoms with Gasteiger partial charge in [-0.1, -0.05) is 54.1 Å². The van der Waals surface area contributed by atoms with Gasteiger partial charge in [-0.25, -0.2) is 8.42 Å². The van der Waals surface area contributed by atoms with Gasteiger partial charge in [-0.05, 0) is 68.5 Å². The number of carbonyl (C=O) groups is 1. The Morgan fingerprint density at radius 1 is 1.03 bits per heavy atom. The Morgan fingerprint density at radius 2 is 1.74 bits per heavy atom. The summed E-state index contributed by atoms with van der Waals surface area (Å²) in [5, 5.41) is 3.07. The quantitative estimate of drug-likeness (QED) is 0.505. The molecule has 0 aliphatic heterocycles. The molecule has 0 fully saturated rings. The molecule has 0 bridgehead atoms. The zero-order valence-electron chi connectivity index (χ0n) is 19.5. The Bertz CT molecular complexity index is 1260. The Balaban J connectivity index is 1.67. The van der Waals surface area contributed by atoms with Crippen LogP contribution in [0.3, 0.4) is 0 Å². The Labute approximate surface area is 201 Å². The number of carbonyl (C=O) groups excluding carboxylic acids is 1. The second-order valence-electron chi connectivity index (χ2n) is 8.44. The van der Waals surface area contributed by atoms with E-state index < -0.39 is 10.0 Å². The molecule has 0 radical (unpaired) electrons. The molecule has 0 saturated carbocycles. The minimum atomic E-state index is -4.02. The number of hydrogen-bond donors (Lipinski definition) is 1. The van der Waals surface area contributed by atoms with E-state index in [-0.39, 0.29) is 23.4 Å². The Morgan fingerprint density at radius 3 is 2.50 bits per heavy atom. The highest BCUT2D eigenvalue weighted by Gasteiger charge is 2.30. The molecule has 0 heterocycles. The van der Waals surface area contributed by atoms with Crippen LogP contribution in [0.25, 0.3) is 0 Å². The highest BCUT2D eigenvalue weighted by Crippen LogP contribution is 2.33. The summed E-state index contributed by atoms with van der Waals surface area (Å²) in [6.45, 7) is 3.76. The van der Waals surface area contributed by atoms with Crippen molar-refractivity contribution < 1.29 is 17.9 Å². The summed E-state index contributed by atoms with van der Waals surface area (Å²) in [7, 11) is -4.02. The van der Waals surface area contributed by atoms with Crippen LogP contribution in [0.4, 0.5) is 5.69 Å². The minimum absolute atomic E-state index is 0.125. The van der Waals surface area contributed by atoms with Gasteiger partial charge in [0.25, 0.3) is 10.0 Å². The third-order valence-corrected chi connectivity index (χ3v) is 7.81. The number of rotatable bonds is 8. The second kappa shape index (κ2) is 10.3. The predicted molar refractivity (Wildman–Crippen MR) is 134 cm³/mol. The molecular formula is C27H30N2O4S. The molecule has 0 aromatic heterocycles. The third-order valence-electron chi connectivity index (χ3n) is 6.03. The van der Waals surface area contributed by atoms with Crippen LogP contribution in [0, 0.1) is 6.92 Å². The zero-order valence-corrected chi connectivity index (χ0v) is 20.3. The van der Waals surface area contributed by atoms with Gasteiger partial charge in [0.1, 0.15) is 12.3 Å². The first-order valence-electron chi connectivity index (χ1n) is 11.6. The lowest BCUT2D eigenvalue weighted by Gasteiger charge is -2.29. The third kappa shape index (κ3) is 5.09. The summed E-state index contributed by atoms with van der Waals surface area (Å²) < 4.78 is 34.3. The van der Waals surface area contributed by atoms with Gasteiger partial charge in [0, 0.05) is 0 Å². The van der Waals surface area contributed by atoms with E-state index >= 15 is 0 Å². The molecule has 0 saturated heterocycles. The summed E-state index contributed by atoms with van der Waals surface area (Å²) in [5.41, 5.74) is 3.62. The number of sulfonamides is 1. The fourth-order valence-electron chi connectivity index (χ4n) is 4.35. The number of nitrogens with zero attached hydrogens (tertiary/aromatic N) is 1. The summed E-state index contributed by atoms with van der Waals surface area (Å²) in [6, 6.07) is 21.5. The normalized spacial score (nSPS) is 15.3. The van der Waals surface area contributed by atoms with Gasteiger partial charge in [0.2, 0.25) is 5.91 Å². The molecule has 1 amide bonds. The van der Waals surface area contributed by atoms with Crippen molar-refractivity contribution in [3.63, 3.8) is 0 Å². The number of hydrogen-bond acceptors (Lipinski definition) is 4. The van der Waals surface area contributed by atoms with E-state index in [0.29, 0.717) is 18.0 Å². The predicted octanol–water partition coefficient (Wildman–Crippen LogP) is 4.78. The largest absolute Gasteiger partial charge is 0.492 e. The molecule has 1 atom stereocenters. The molecule has 1 unspecified atom stereocenters. The van der Waals surface area contributed by atoms with Crippen molar-refractivity contribution in [2.75, 3.05) is 17.5 Å². The molecule has 6 nitrogen and oxygen atoms in total. The van der Waals surface area contributed by atoms with Crippen LogP contribution in [0.1, 0.15) is 42.5 Å². The number of anilines is 1. The first kappa shape index (κ1) is 23.8. The van der Waals surface area contributed by atoms with Gasteiger partial charge in [-0.2, -0.15) is 0 Å². The summed E-state index contributed by atoms with van der Waals surface area (Å²) in [4.78, 5) is 13.4. The molecule has 178 valence electrons. The number of fused-ring (bicyclic) bond motifs is 1. The molecular weight excluding hydrogens is 448 g/mol. The van der Waals surface area contributed by atoms with Crippen molar-refractivity contribution >= 4 is 21.6 Å². The Kier molecular flexibility index (Phi) is 7.22. The fraction of sp³-hybridized carbons (Fsp3) is 0.296. The molecule has 1 aliphatic rings. The molecule has 34 heavy (non-hydrogen) atoms. The molecule has 0 spiro atoms. The van der Waals surface area contributed by atoms with E-state index in [4.69, 9.17) is 4.74 Å². The van der Waals surface area contributed by atoms with Crippen molar-refractivity contribution in [3.05, 3.63) is 89.5 Å². The number of para-hydroxylation sites is 2.